The summed E-state index contributed by atoms with van der Waals surface area (Å²) < 4.78 is 12.0. The van der Waals surface area contributed by atoms with Gasteiger partial charge in [-0.2, -0.15) is 0 Å². The second-order valence-corrected chi connectivity index (χ2v) is 11.5. The molecule has 0 amide bonds. The monoisotopic (exact) mass is 566 g/mol. The molecule has 4 aromatic carbocycles. The zero-order valence-electron chi connectivity index (χ0n) is 23.9. The molecule has 5 rings (SSSR count). The minimum absolute atomic E-state index is 0.0231. The van der Waals surface area contributed by atoms with Crippen LogP contribution in [0.5, 0.6) is 23.0 Å². The van der Waals surface area contributed by atoms with Gasteiger partial charge in [-0.3, -0.25) is 20.2 Å². The van der Waals surface area contributed by atoms with Crippen molar-refractivity contribution in [1.82, 2.24) is 0 Å². The Labute approximate surface area is 245 Å². The Balaban J connectivity index is 1.45. The molecule has 0 aliphatic heterocycles. The van der Waals surface area contributed by atoms with E-state index in [1.807, 2.05) is 24.3 Å². The van der Waals surface area contributed by atoms with E-state index in [1.54, 1.807) is 24.3 Å². The van der Waals surface area contributed by atoms with E-state index < -0.39 is 9.85 Å². The summed E-state index contributed by atoms with van der Waals surface area (Å²) in [6, 6.07) is 28.6. The van der Waals surface area contributed by atoms with E-state index in [1.165, 1.54) is 41.8 Å². The van der Waals surface area contributed by atoms with Crippen molar-refractivity contribution in [2.24, 2.45) is 17.8 Å². The van der Waals surface area contributed by atoms with Crippen LogP contribution in [0.15, 0.2) is 97.1 Å². The van der Waals surface area contributed by atoms with Gasteiger partial charge in [0.15, 0.2) is 0 Å². The highest BCUT2D eigenvalue weighted by Gasteiger charge is 2.46. The number of nitro groups is 2. The molecule has 0 N–H and O–H groups in total. The normalized spacial score (nSPS) is 17.9. The Morgan fingerprint density at radius 3 is 1.33 bits per heavy atom. The van der Waals surface area contributed by atoms with Crippen molar-refractivity contribution in [3.05, 3.63) is 128 Å². The number of non-ortho nitro benzene ring substituents is 2. The lowest BCUT2D eigenvalue weighted by Gasteiger charge is -2.49. The Bertz CT molecular complexity index is 1430. The lowest BCUT2D eigenvalue weighted by molar-refractivity contribution is -0.385. The summed E-state index contributed by atoms with van der Waals surface area (Å²) in [6.07, 6.45) is 3.33. The molecule has 4 aromatic rings. The third-order valence-corrected chi connectivity index (χ3v) is 8.38. The van der Waals surface area contributed by atoms with E-state index >= 15 is 0 Å². The minimum Gasteiger partial charge on any atom is -0.457 e. The first kappa shape index (κ1) is 28.8. The smallest absolute Gasteiger partial charge is 0.269 e. The van der Waals surface area contributed by atoms with Crippen LogP contribution < -0.4 is 9.47 Å². The molecule has 42 heavy (non-hydrogen) atoms. The molecule has 0 spiro atoms. The summed E-state index contributed by atoms with van der Waals surface area (Å²) >= 11 is 0. The average molecular weight is 567 g/mol. The molecule has 216 valence electrons. The van der Waals surface area contributed by atoms with Gasteiger partial charge < -0.3 is 9.47 Å². The molecule has 8 nitrogen and oxygen atoms in total. The van der Waals surface area contributed by atoms with Crippen molar-refractivity contribution in [3.8, 4) is 23.0 Å². The molecule has 1 saturated carbocycles. The van der Waals surface area contributed by atoms with Crippen LogP contribution in [-0.2, 0) is 5.41 Å². The van der Waals surface area contributed by atoms with Crippen molar-refractivity contribution >= 4 is 11.4 Å². The molecule has 0 saturated heterocycles. The molecule has 1 fully saturated rings. The summed E-state index contributed by atoms with van der Waals surface area (Å²) in [5.41, 5.74) is 2.30. The van der Waals surface area contributed by atoms with E-state index in [4.69, 9.17) is 9.47 Å². The Morgan fingerprint density at radius 2 is 1.00 bits per heavy atom. The first-order chi connectivity index (χ1) is 20.2. The van der Waals surface area contributed by atoms with Gasteiger partial charge in [0.05, 0.1) is 9.85 Å². The summed E-state index contributed by atoms with van der Waals surface area (Å²) in [5.74, 6) is 3.85. The number of rotatable bonds is 9. The number of benzene rings is 4. The second-order valence-electron chi connectivity index (χ2n) is 11.5. The molecule has 8 heteroatoms. The molecule has 1 aliphatic rings. The highest BCUT2D eigenvalue weighted by Crippen LogP contribution is 2.53. The van der Waals surface area contributed by atoms with Crippen molar-refractivity contribution < 1.29 is 19.3 Å². The first-order valence-corrected chi connectivity index (χ1v) is 14.2. The van der Waals surface area contributed by atoms with Gasteiger partial charge in [-0.15, -0.1) is 0 Å². The maximum absolute atomic E-state index is 11.0. The lowest BCUT2D eigenvalue weighted by atomic mass is 9.54. The van der Waals surface area contributed by atoms with E-state index in [2.05, 4.69) is 45.0 Å². The number of hydrogen-bond donors (Lipinski definition) is 0. The predicted octanol–water partition coefficient (Wildman–Crippen LogP) is 9.47. The van der Waals surface area contributed by atoms with E-state index in [9.17, 15) is 20.2 Å². The van der Waals surface area contributed by atoms with Crippen LogP contribution in [0.2, 0.25) is 0 Å². The summed E-state index contributed by atoms with van der Waals surface area (Å²) in [6.45, 7) is 6.92. The summed E-state index contributed by atoms with van der Waals surface area (Å²) in [5, 5.41) is 21.9. The average Bonchev–Trinajstić information content (AvgIpc) is 2.98. The Kier molecular flexibility index (Phi) is 8.24. The topological polar surface area (TPSA) is 105 Å². The molecule has 0 bridgehead atoms. The van der Waals surface area contributed by atoms with Gasteiger partial charge >= 0.3 is 0 Å². The highest BCUT2D eigenvalue weighted by atomic mass is 16.6. The predicted molar refractivity (Wildman–Crippen MR) is 161 cm³/mol. The molecule has 0 heterocycles. The molecular formula is C34H34N2O6. The van der Waals surface area contributed by atoms with Crippen LogP contribution in [0.3, 0.4) is 0 Å². The van der Waals surface area contributed by atoms with E-state index in [0.717, 1.165) is 12.8 Å². The highest BCUT2D eigenvalue weighted by molar-refractivity contribution is 5.47. The Morgan fingerprint density at radius 1 is 0.643 bits per heavy atom. The zero-order chi connectivity index (χ0) is 29.9. The number of nitrogens with zero attached hydrogens (tertiary/aromatic N) is 2. The lowest BCUT2D eigenvalue weighted by Crippen LogP contribution is -2.44. The van der Waals surface area contributed by atoms with Crippen molar-refractivity contribution in [1.29, 1.82) is 0 Å². The first-order valence-electron chi connectivity index (χ1n) is 14.2. The van der Waals surface area contributed by atoms with Gasteiger partial charge in [0.25, 0.3) is 11.4 Å². The quantitative estimate of drug-likeness (QED) is 0.148. The van der Waals surface area contributed by atoms with Crippen LogP contribution in [0.1, 0.15) is 51.2 Å². The largest absolute Gasteiger partial charge is 0.457 e. The van der Waals surface area contributed by atoms with E-state index in [0.29, 0.717) is 40.8 Å². The van der Waals surface area contributed by atoms with E-state index in [-0.39, 0.29) is 16.8 Å². The van der Waals surface area contributed by atoms with Gasteiger partial charge in [0.2, 0.25) is 0 Å². The Hall–Kier alpha value is -4.72. The standard InChI is InChI=1S/C34H34N2O6/c1-23(2)33-21-4-24(3)22-34(33,25-5-13-29(14-6-25)41-31-17-9-27(10-18-31)35(37)38)26-7-15-30(16-8-26)42-32-19-11-28(12-20-32)36(39)40/h5-20,23-24,33H,4,21-22H2,1-3H3. The van der Waals surface area contributed by atoms with Gasteiger partial charge in [-0.1, -0.05) is 51.5 Å². The molecule has 0 aromatic heterocycles. The zero-order valence-corrected chi connectivity index (χ0v) is 23.9. The van der Waals surface area contributed by atoms with Crippen molar-refractivity contribution in [2.75, 3.05) is 0 Å². The molecule has 2 atom stereocenters. The van der Waals surface area contributed by atoms with Crippen LogP contribution in [0.4, 0.5) is 11.4 Å². The second kappa shape index (κ2) is 12.0. The SMILES string of the molecule is CC1CCC(C(C)C)C(c2ccc(Oc3ccc([N+](=O)[O-])cc3)cc2)(c2ccc(Oc3ccc([N+](=O)[O-])cc3)cc2)C1. The number of hydrogen-bond acceptors (Lipinski definition) is 6. The van der Waals surface area contributed by atoms with Gasteiger partial charge in [-0.05, 0) is 90.3 Å². The molecular weight excluding hydrogens is 532 g/mol. The molecule has 0 radical (unpaired) electrons. The maximum Gasteiger partial charge on any atom is 0.269 e. The van der Waals surface area contributed by atoms with Crippen LogP contribution >= 0.6 is 0 Å². The van der Waals surface area contributed by atoms with Gasteiger partial charge in [-0.25, -0.2) is 0 Å². The van der Waals surface area contributed by atoms with Crippen LogP contribution in [-0.4, -0.2) is 9.85 Å². The number of nitro benzene ring substituents is 2. The summed E-state index contributed by atoms with van der Waals surface area (Å²) in [4.78, 5) is 21.1. The minimum atomic E-state index is -0.428. The molecule has 2 unspecified atom stereocenters. The third kappa shape index (κ3) is 5.98. The van der Waals surface area contributed by atoms with Gasteiger partial charge in [0, 0.05) is 29.7 Å². The fraction of sp³-hybridized carbons (Fsp3) is 0.294. The van der Waals surface area contributed by atoms with Gasteiger partial charge in [0.1, 0.15) is 23.0 Å². The van der Waals surface area contributed by atoms with Crippen LogP contribution in [0.25, 0.3) is 0 Å². The van der Waals surface area contributed by atoms with Crippen LogP contribution in [0, 0.1) is 38.0 Å². The van der Waals surface area contributed by atoms with Crippen molar-refractivity contribution in [3.63, 3.8) is 0 Å². The maximum atomic E-state index is 11.0. The fourth-order valence-corrected chi connectivity index (χ4v) is 6.43. The van der Waals surface area contributed by atoms with Crippen molar-refractivity contribution in [2.45, 2.75) is 45.4 Å². The third-order valence-electron chi connectivity index (χ3n) is 8.38. The number of ether oxygens (including phenoxy) is 2. The molecule has 1 aliphatic carbocycles. The fourth-order valence-electron chi connectivity index (χ4n) is 6.43. The summed E-state index contributed by atoms with van der Waals surface area (Å²) in [7, 11) is 0.